The maximum Gasteiger partial charge on any atom is 0.421 e. The molecule has 3 heterocycles. The van der Waals surface area contributed by atoms with E-state index >= 15 is 0 Å². The Kier molecular flexibility index (Phi) is 7.56. The fraction of sp³-hybridized carbons (Fsp3) is 0.200. The van der Waals surface area contributed by atoms with Crippen LogP contribution >= 0.6 is 0 Å². The first-order chi connectivity index (χ1) is 18.4. The summed E-state index contributed by atoms with van der Waals surface area (Å²) >= 11 is 0. The highest BCUT2D eigenvalue weighted by atomic mass is 19.4. The monoisotopic (exact) mass is 544 g/mol. The van der Waals surface area contributed by atoms with Crippen molar-refractivity contribution in [2.45, 2.75) is 32.6 Å². The molecule has 0 fully saturated rings. The topological polar surface area (TPSA) is 123 Å². The largest absolute Gasteiger partial charge is 0.478 e. The van der Waals surface area contributed by atoms with E-state index in [1.165, 1.54) is 29.3 Å². The van der Waals surface area contributed by atoms with Crippen LogP contribution in [0.5, 0.6) is 11.6 Å². The van der Waals surface area contributed by atoms with E-state index < -0.39 is 46.9 Å². The van der Waals surface area contributed by atoms with E-state index in [1.54, 1.807) is 13.8 Å². The van der Waals surface area contributed by atoms with E-state index in [0.29, 0.717) is 0 Å². The highest BCUT2D eigenvalue weighted by Gasteiger charge is 2.36. The normalized spacial score (nSPS) is 11.5. The molecule has 10 nitrogen and oxygen atoms in total. The van der Waals surface area contributed by atoms with Gasteiger partial charge in [0.25, 0.3) is 5.91 Å². The molecule has 0 radical (unpaired) electrons. The van der Waals surface area contributed by atoms with Crippen LogP contribution in [-0.4, -0.2) is 48.0 Å². The minimum atomic E-state index is -4.84. The number of carboxylic acids is 1. The molecule has 1 aromatic carbocycles. The highest BCUT2D eigenvalue weighted by Crippen LogP contribution is 2.38. The van der Waals surface area contributed by atoms with Gasteiger partial charge in [0.1, 0.15) is 22.8 Å². The molecule has 4 rings (SSSR count). The Morgan fingerprint density at radius 1 is 1.05 bits per heavy atom. The molecule has 39 heavy (non-hydrogen) atoms. The SMILES string of the molecule is CC(C)N(C(=O)c1ccc(F)cn1)c1ccc(Oc2ncc(Cn3nccn3)cc2C(F)(F)F)cc1C(=O)O. The van der Waals surface area contributed by atoms with Gasteiger partial charge in [-0.15, -0.1) is 0 Å². The Morgan fingerprint density at radius 3 is 2.36 bits per heavy atom. The molecule has 0 saturated carbocycles. The lowest BCUT2D eigenvalue weighted by atomic mass is 10.1. The zero-order valence-electron chi connectivity index (χ0n) is 20.4. The summed E-state index contributed by atoms with van der Waals surface area (Å²) in [6, 6.07) is 5.90. The lowest BCUT2D eigenvalue weighted by Crippen LogP contribution is -2.38. The Morgan fingerprint density at radius 2 is 1.77 bits per heavy atom. The number of aromatic carboxylic acids is 1. The van der Waals surface area contributed by atoms with Crippen molar-refractivity contribution in [3.05, 3.63) is 89.4 Å². The summed E-state index contributed by atoms with van der Waals surface area (Å²) < 4.78 is 60.1. The zero-order chi connectivity index (χ0) is 28.3. The van der Waals surface area contributed by atoms with Gasteiger partial charge in [-0.1, -0.05) is 0 Å². The summed E-state index contributed by atoms with van der Waals surface area (Å²) in [4.78, 5) is 35.1. The van der Waals surface area contributed by atoms with Gasteiger partial charge in [-0.05, 0) is 55.8 Å². The van der Waals surface area contributed by atoms with Crippen LogP contribution in [0.1, 0.15) is 45.8 Å². The Bertz CT molecular complexity index is 1490. The first kappa shape index (κ1) is 27.2. The maximum atomic E-state index is 13.8. The van der Waals surface area contributed by atoms with Gasteiger partial charge < -0.3 is 14.7 Å². The van der Waals surface area contributed by atoms with Crippen LogP contribution in [0, 0.1) is 5.82 Å². The summed E-state index contributed by atoms with van der Waals surface area (Å²) in [7, 11) is 0. The van der Waals surface area contributed by atoms with Gasteiger partial charge in [-0.2, -0.15) is 28.2 Å². The average Bonchev–Trinajstić information content (AvgIpc) is 3.38. The van der Waals surface area contributed by atoms with Crippen molar-refractivity contribution in [1.82, 2.24) is 25.0 Å². The first-order valence-corrected chi connectivity index (χ1v) is 11.3. The Labute approximate surface area is 218 Å². The van der Waals surface area contributed by atoms with E-state index in [2.05, 4.69) is 20.2 Å². The average molecular weight is 544 g/mol. The number of benzene rings is 1. The number of aromatic nitrogens is 5. The molecule has 0 spiro atoms. The second-order valence-corrected chi connectivity index (χ2v) is 8.47. The van der Waals surface area contributed by atoms with E-state index in [-0.39, 0.29) is 29.2 Å². The quantitative estimate of drug-likeness (QED) is 0.313. The maximum absolute atomic E-state index is 13.8. The molecular formula is C25H20F4N6O4. The number of anilines is 1. The van der Waals surface area contributed by atoms with Crippen molar-refractivity contribution in [3.8, 4) is 11.6 Å². The van der Waals surface area contributed by atoms with E-state index in [4.69, 9.17) is 4.74 Å². The number of amides is 1. The van der Waals surface area contributed by atoms with Crippen LogP contribution in [0.4, 0.5) is 23.2 Å². The van der Waals surface area contributed by atoms with Crippen LogP contribution in [0.2, 0.25) is 0 Å². The Hall–Kier alpha value is -4.88. The van der Waals surface area contributed by atoms with Gasteiger partial charge in [-0.25, -0.2) is 19.2 Å². The number of alkyl halides is 3. The number of ether oxygens (including phenoxy) is 1. The molecule has 14 heteroatoms. The van der Waals surface area contributed by atoms with Gasteiger partial charge in [0, 0.05) is 12.2 Å². The number of carbonyl (C=O) groups excluding carboxylic acids is 1. The van der Waals surface area contributed by atoms with Crippen LogP contribution in [-0.2, 0) is 12.7 Å². The number of carbonyl (C=O) groups is 2. The molecule has 0 unspecified atom stereocenters. The fourth-order valence-corrected chi connectivity index (χ4v) is 3.67. The molecule has 4 aromatic rings. The van der Waals surface area contributed by atoms with E-state index in [1.807, 2.05) is 0 Å². The predicted octanol–water partition coefficient (Wildman–Crippen LogP) is 4.82. The van der Waals surface area contributed by atoms with Gasteiger partial charge in [0.2, 0.25) is 5.88 Å². The highest BCUT2D eigenvalue weighted by molar-refractivity contribution is 6.08. The number of hydrogen-bond acceptors (Lipinski definition) is 7. The standard InChI is InChI=1S/C25H20F4N6O4/c1-14(2)35(23(36)20-5-3-16(26)12-30-20)21-6-4-17(10-18(21)24(37)38)39-22-19(25(27,28)29)9-15(11-31-22)13-34-32-7-8-33-34/h3-12,14H,13H2,1-2H3,(H,37,38). The molecule has 0 aliphatic rings. The summed E-state index contributed by atoms with van der Waals surface area (Å²) in [5.41, 5.74) is -1.65. The number of halogens is 4. The third-order valence-electron chi connectivity index (χ3n) is 5.36. The number of rotatable bonds is 8. The summed E-state index contributed by atoms with van der Waals surface area (Å²) in [6.07, 6.45) is -0.0700. The van der Waals surface area contributed by atoms with Crippen molar-refractivity contribution in [1.29, 1.82) is 0 Å². The van der Waals surface area contributed by atoms with Crippen molar-refractivity contribution in [2.24, 2.45) is 0 Å². The number of carboxylic acid groups (broad SMARTS) is 1. The number of hydrogen-bond donors (Lipinski definition) is 1. The van der Waals surface area contributed by atoms with Crippen molar-refractivity contribution < 1.29 is 37.0 Å². The molecule has 0 saturated heterocycles. The third kappa shape index (κ3) is 6.17. The van der Waals surface area contributed by atoms with Crippen LogP contribution in [0.25, 0.3) is 0 Å². The van der Waals surface area contributed by atoms with Crippen LogP contribution < -0.4 is 9.64 Å². The molecule has 1 amide bonds. The summed E-state index contributed by atoms with van der Waals surface area (Å²) in [5.74, 6) is -3.88. The lowest BCUT2D eigenvalue weighted by Gasteiger charge is -2.28. The van der Waals surface area contributed by atoms with Gasteiger partial charge in [0.15, 0.2) is 0 Å². The lowest BCUT2D eigenvalue weighted by molar-refractivity contribution is -0.139. The Balaban J connectivity index is 1.69. The van der Waals surface area contributed by atoms with Crippen LogP contribution in [0.15, 0.2) is 61.2 Å². The molecule has 3 aromatic heterocycles. The smallest absolute Gasteiger partial charge is 0.421 e. The summed E-state index contributed by atoms with van der Waals surface area (Å²) in [6.45, 7) is 3.18. The second-order valence-electron chi connectivity index (χ2n) is 8.47. The number of pyridine rings is 2. The van der Waals surface area contributed by atoms with Gasteiger partial charge in [0.05, 0.1) is 36.4 Å². The van der Waals surface area contributed by atoms with Gasteiger partial charge in [-0.3, -0.25) is 4.79 Å². The van der Waals surface area contributed by atoms with Crippen LogP contribution in [0.3, 0.4) is 0 Å². The zero-order valence-corrected chi connectivity index (χ0v) is 20.4. The molecule has 0 aliphatic carbocycles. The molecule has 202 valence electrons. The van der Waals surface area contributed by atoms with E-state index in [9.17, 15) is 32.3 Å². The summed E-state index contributed by atoms with van der Waals surface area (Å²) in [5, 5.41) is 17.6. The molecule has 0 bridgehead atoms. The molecular weight excluding hydrogens is 524 g/mol. The second kappa shape index (κ2) is 10.8. The van der Waals surface area contributed by atoms with Crippen molar-refractivity contribution >= 4 is 17.6 Å². The minimum Gasteiger partial charge on any atom is -0.478 e. The van der Waals surface area contributed by atoms with E-state index in [0.717, 1.165) is 41.6 Å². The minimum absolute atomic E-state index is 0.0629. The number of nitrogens with zero attached hydrogens (tertiary/aromatic N) is 6. The van der Waals surface area contributed by atoms with Crippen molar-refractivity contribution in [3.63, 3.8) is 0 Å². The predicted molar refractivity (Wildman–Crippen MR) is 128 cm³/mol. The first-order valence-electron chi connectivity index (χ1n) is 11.3. The third-order valence-corrected chi connectivity index (χ3v) is 5.36. The molecule has 1 N–H and O–H groups in total. The fourth-order valence-electron chi connectivity index (χ4n) is 3.67. The molecule has 0 atom stereocenters. The van der Waals surface area contributed by atoms with Gasteiger partial charge >= 0.3 is 12.1 Å². The van der Waals surface area contributed by atoms with Crippen molar-refractivity contribution in [2.75, 3.05) is 4.90 Å². The molecule has 0 aliphatic heterocycles.